The molecule has 0 saturated heterocycles. The first-order valence-corrected chi connectivity index (χ1v) is 8.59. The maximum atomic E-state index is 6.10. The molecule has 0 aromatic carbocycles. The fraction of sp³-hybridized carbons (Fsp3) is 0.333. The van der Waals surface area contributed by atoms with Gasteiger partial charge in [0.25, 0.3) is 0 Å². The van der Waals surface area contributed by atoms with E-state index in [0.717, 1.165) is 20.4 Å². The summed E-state index contributed by atoms with van der Waals surface area (Å²) in [5.41, 5.74) is 9.00. The van der Waals surface area contributed by atoms with Crippen molar-refractivity contribution in [3.63, 3.8) is 0 Å². The molecule has 3 heterocycles. The van der Waals surface area contributed by atoms with E-state index in [9.17, 15) is 0 Å². The van der Waals surface area contributed by atoms with Gasteiger partial charge in [0.05, 0.1) is 10.6 Å². The predicted molar refractivity (Wildman–Crippen MR) is 85.5 cm³/mol. The SMILES string of the molecule is Cc1sc2nc([C@H](C)Sc3nncs3)nc(N)c2c1C. The van der Waals surface area contributed by atoms with E-state index in [-0.39, 0.29) is 5.25 Å². The number of fused-ring (bicyclic) bond motifs is 1. The molecule has 8 heteroatoms. The number of rotatable bonds is 3. The standard InChI is InChI=1S/C12H13N5S3/c1-5-6(2)19-11-8(5)9(13)15-10(16-11)7(3)20-12-17-14-4-18-12/h4,7H,1-3H3,(H2,13,15,16)/t7-/m0/s1. The van der Waals surface area contributed by atoms with Crippen molar-refractivity contribution in [1.29, 1.82) is 0 Å². The summed E-state index contributed by atoms with van der Waals surface area (Å²) in [7, 11) is 0. The first kappa shape index (κ1) is 13.7. The van der Waals surface area contributed by atoms with Gasteiger partial charge in [0.2, 0.25) is 0 Å². The van der Waals surface area contributed by atoms with Crippen molar-refractivity contribution in [2.75, 3.05) is 5.73 Å². The summed E-state index contributed by atoms with van der Waals surface area (Å²) in [6.07, 6.45) is 0. The largest absolute Gasteiger partial charge is 0.383 e. The van der Waals surface area contributed by atoms with Crippen molar-refractivity contribution < 1.29 is 0 Å². The Hall–Kier alpha value is -1.25. The zero-order valence-corrected chi connectivity index (χ0v) is 13.7. The minimum Gasteiger partial charge on any atom is -0.383 e. The van der Waals surface area contributed by atoms with Gasteiger partial charge >= 0.3 is 0 Å². The molecule has 0 fully saturated rings. The fourth-order valence-corrected chi connectivity index (χ4v) is 4.61. The van der Waals surface area contributed by atoms with Crippen LogP contribution in [-0.4, -0.2) is 20.2 Å². The molecule has 0 bridgehead atoms. The van der Waals surface area contributed by atoms with Gasteiger partial charge in [-0.05, 0) is 26.3 Å². The molecule has 0 aliphatic heterocycles. The van der Waals surface area contributed by atoms with E-state index >= 15 is 0 Å². The first-order chi connectivity index (χ1) is 9.56. The van der Waals surface area contributed by atoms with E-state index < -0.39 is 0 Å². The number of hydrogen-bond donors (Lipinski definition) is 1. The summed E-state index contributed by atoms with van der Waals surface area (Å²) >= 11 is 4.78. The van der Waals surface area contributed by atoms with Crippen molar-refractivity contribution >= 4 is 50.5 Å². The highest BCUT2D eigenvalue weighted by molar-refractivity contribution is 8.01. The summed E-state index contributed by atoms with van der Waals surface area (Å²) in [5, 5.41) is 8.95. The molecular formula is C12H13N5S3. The monoisotopic (exact) mass is 323 g/mol. The second kappa shape index (κ2) is 5.27. The number of thioether (sulfide) groups is 1. The van der Waals surface area contributed by atoms with Gasteiger partial charge in [0.15, 0.2) is 4.34 Å². The van der Waals surface area contributed by atoms with Crippen molar-refractivity contribution in [3.05, 3.63) is 21.8 Å². The Bertz CT molecular complexity index is 750. The van der Waals surface area contributed by atoms with Crippen LogP contribution in [-0.2, 0) is 0 Å². The second-order valence-corrected chi connectivity index (χ2v) is 8.02. The summed E-state index contributed by atoms with van der Waals surface area (Å²) in [6.45, 7) is 6.20. The Kier molecular flexibility index (Phi) is 3.61. The number of nitrogen functional groups attached to an aromatic ring is 1. The normalized spacial score (nSPS) is 12.9. The topological polar surface area (TPSA) is 77.6 Å². The molecule has 0 spiro atoms. The van der Waals surface area contributed by atoms with E-state index in [2.05, 4.69) is 40.9 Å². The third kappa shape index (κ3) is 2.38. The Morgan fingerprint density at radius 1 is 1.30 bits per heavy atom. The van der Waals surface area contributed by atoms with Gasteiger partial charge in [-0.1, -0.05) is 23.1 Å². The van der Waals surface area contributed by atoms with E-state index in [1.807, 2.05) is 0 Å². The van der Waals surface area contributed by atoms with Gasteiger partial charge in [0, 0.05) is 4.88 Å². The van der Waals surface area contributed by atoms with Crippen molar-refractivity contribution in [1.82, 2.24) is 20.2 Å². The molecule has 3 aromatic rings. The highest BCUT2D eigenvalue weighted by atomic mass is 32.2. The second-order valence-electron chi connectivity index (χ2n) is 4.40. The average Bonchev–Trinajstić information content (AvgIpc) is 2.99. The Labute approximate surface area is 128 Å². The summed E-state index contributed by atoms with van der Waals surface area (Å²) in [5.74, 6) is 1.31. The van der Waals surface area contributed by atoms with Gasteiger partial charge in [-0.15, -0.1) is 21.5 Å². The van der Waals surface area contributed by atoms with Crippen molar-refractivity contribution in [3.8, 4) is 0 Å². The van der Waals surface area contributed by atoms with Crippen LogP contribution < -0.4 is 5.73 Å². The number of hydrogen-bond acceptors (Lipinski definition) is 8. The van der Waals surface area contributed by atoms with Crippen LogP contribution in [0.4, 0.5) is 5.82 Å². The molecule has 104 valence electrons. The summed E-state index contributed by atoms with van der Waals surface area (Å²) in [4.78, 5) is 11.3. The number of nitrogens with two attached hydrogens (primary N) is 1. The van der Waals surface area contributed by atoms with Crippen molar-refractivity contribution in [2.45, 2.75) is 30.4 Å². The molecule has 3 aromatic heterocycles. The molecule has 3 rings (SSSR count). The Morgan fingerprint density at radius 2 is 2.10 bits per heavy atom. The van der Waals surface area contributed by atoms with Gasteiger partial charge < -0.3 is 5.73 Å². The average molecular weight is 323 g/mol. The van der Waals surface area contributed by atoms with Crippen LogP contribution in [0.3, 0.4) is 0 Å². The van der Waals surface area contributed by atoms with Crippen LogP contribution in [0, 0.1) is 13.8 Å². The molecule has 0 aliphatic rings. The fourth-order valence-electron chi connectivity index (χ4n) is 1.90. The van der Waals surface area contributed by atoms with Crippen LogP contribution in [0.15, 0.2) is 9.85 Å². The predicted octanol–water partition coefficient (Wildman–Crippen LogP) is 3.60. The van der Waals surface area contributed by atoms with Crippen LogP contribution in [0.2, 0.25) is 0 Å². The lowest BCUT2D eigenvalue weighted by atomic mass is 10.2. The highest BCUT2D eigenvalue weighted by Gasteiger charge is 2.17. The first-order valence-electron chi connectivity index (χ1n) is 6.02. The lowest BCUT2D eigenvalue weighted by Gasteiger charge is -2.08. The number of aryl methyl sites for hydroxylation is 2. The van der Waals surface area contributed by atoms with E-state index in [1.54, 1.807) is 28.6 Å². The maximum Gasteiger partial charge on any atom is 0.174 e. The minimum atomic E-state index is 0.0948. The lowest BCUT2D eigenvalue weighted by molar-refractivity contribution is 0.935. The highest BCUT2D eigenvalue weighted by Crippen LogP contribution is 2.37. The Morgan fingerprint density at radius 3 is 2.80 bits per heavy atom. The maximum absolute atomic E-state index is 6.10. The lowest BCUT2D eigenvalue weighted by Crippen LogP contribution is -2.02. The molecule has 1 atom stereocenters. The van der Waals surface area contributed by atoms with Crippen LogP contribution >= 0.6 is 34.4 Å². The van der Waals surface area contributed by atoms with Gasteiger partial charge in [0.1, 0.15) is 22.0 Å². The van der Waals surface area contributed by atoms with E-state index in [1.165, 1.54) is 21.8 Å². The minimum absolute atomic E-state index is 0.0948. The third-order valence-corrected chi connectivity index (χ3v) is 6.06. The van der Waals surface area contributed by atoms with E-state index in [0.29, 0.717) is 5.82 Å². The van der Waals surface area contributed by atoms with Crippen LogP contribution in [0.25, 0.3) is 10.2 Å². The van der Waals surface area contributed by atoms with Crippen LogP contribution in [0.5, 0.6) is 0 Å². The van der Waals surface area contributed by atoms with Gasteiger partial charge in [-0.2, -0.15) is 0 Å². The molecule has 0 saturated carbocycles. The number of aromatic nitrogens is 4. The smallest absolute Gasteiger partial charge is 0.174 e. The molecule has 0 radical (unpaired) electrons. The van der Waals surface area contributed by atoms with E-state index in [4.69, 9.17) is 5.73 Å². The summed E-state index contributed by atoms with van der Waals surface area (Å²) in [6, 6.07) is 0. The number of anilines is 1. The van der Waals surface area contributed by atoms with Gasteiger partial charge in [-0.25, -0.2) is 9.97 Å². The summed E-state index contributed by atoms with van der Waals surface area (Å²) < 4.78 is 0.915. The molecule has 0 amide bonds. The molecule has 5 nitrogen and oxygen atoms in total. The molecular weight excluding hydrogens is 310 g/mol. The molecule has 0 unspecified atom stereocenters. The molecule has 2 N–H and O–H groups in total. The number of nitrogens with zero attached hydrogens (tertiary/aromatic N) is 4. The Balaban J connectivity index is 2.00. The van der Waals surface area contributed by atoms with Crippen LogP contribution in [0.1, 0.15) is 28.4 Å². The molecule has 20 heavy (non-hydrogen) atoms. The zero-order valence-electron chi connectivity index (χ0n) is 11.2. The van der Waals surface area contributed by atoms with Gasteiger partial charge in [-0.3, -0.25) is 0 Å². The number of thiophene rings is 1. The quantitative estimate of drug-likeness (QED) is 0.742. The third-order valence-electron chi connectivity index (χ3n) is 3.06. The van der Waals surface area contributed by atoms with Crippen molar-refractivity contribution in [2.24, 2.45) is 0 Å². The molecule has 0 aliphatic carbocycles. The zero-order chi connectivity index (χ0) is 14.3.